The molecular formula is C21H25NO4. The first kappa shape index (κ1) is 19.5. The molecule has 0 spiro atoms. The zero-order valence-electron chi connectivity index (χ0n) is 15.4. The van der Waals surface area contributed by atoms with Gasteiger partial charge in [0.05, 0.1) is 32.1 Å². The van der Waals surface area contributed by atoms with E-state index >= 15 is 0 Å². The van der Waals surface area contributed by atoms with Crippen molar-refractivity contribution < 1.29 is 19.1 Å². The predicted molar refractivity (Wildman–Crippen MR) is 99.9 cm³/mol. The fourth-order valence-corrected chi connectivity index (χ4v) is 2.59. The number of ether oxygens (including phenoxy) is 2. The molecule has 2 rings (SSSR count). The van der Waals surface area contributed by atoms with E-state index in [9.17, 15) is 9.59 Å². The van der Waals surface area contributed by atoms with Gasteiger partial charge in [0.25, 0.3) is 0 Å². The molecule has 0 fully saturated rings. The highest BCUT2D eigenvalue weighted by atomic mass is 16.5. The molecule has 1 atom stereocenters. The van der Waals surface area contributed by atoms with Gasteiger partial charge in [0.15, 0.2) is 0 Å². The number of benzene rings is 2. The van der Waals surface area contributed by atoms with Crippen LogP contribution in [0.4, 0.5) is 0 Å². The Hall–Kier alpha value is -2.82. The molecule has 5 nitrogen and oxygen atoms in total. The van der Waals surface area contributed by atoms with E-state index in [0.29, 0.717) is 0 Å². The van der Waals surface area contributed by atoms with Crippen LogP contribution < -0.4 is 10.1 Å². The van der Waals surface area contributed by atoms with Crippen LogP contribution in [0.15, 0.2) is 54.6 Å². The van der Waals surface area contributed by atoms with E-state index in [4.69, 9.17) is 9.47 Å². The van der Waals surface area contributed by atoms with E-state index in [2.05, 4.69) is 5.32 Å². The maximum absolute atomic E-state index is 12.5. The first-order valence-electron chi connectivity index (χ1n) is 8.64. The molecule has 1 unspecified atom stereocenters. The molecule has 0 saturated carbocycles. The van der Waals surface area contributed by atoms with Crippen molar-refractivity contribution in [1.29, 1.82) is 0 Å². The summed E-state index contributed by atoms with van der Waals surface area (Å²) in [7, 11) is 1.60. The van der Waals surface area contributed by atoms with Crippen molar-refractivity contribution in [3.63, 3.8) is 0 Å². The minimum absolute atomic E-state index is 0.0938. The lowest BCUT2D eigenvalue weighted by Gasteiger charge is -2.19. The second-order valence-corrected chi connectivity index (χ2v) is 6.30. The number of hydrogen-bond donors (Lipinski definition) is 1. The van der Waals surface area contributed by atoms with Gasteiger partial charge in [0.1, 0.15) is 5.75 Å². The largest absolute Gasteiger partial charge is 0.497 e. The van der Waals surface area contributed by atoms with Crippen molar-refractivity contribution in [1.82, 2.24) is 5.32 Å². The number of hydrogen-bond acceptors (Lipinski definition) is 4. The monoisotopic (exact) mass is 355 g/mol. The Labute approximate surface area is 154 Å². The van der Waals surface area contributed by atoms with Crippen molar-refractivity contribution in [2.75, 3.05) is 7.11 Å². The molecular weight excluding hydrogens is 330 g/mol. The summed E-state index contributed by atoms with van der Waals surface area (Å²) in [6, 6.07) is 16.3. The van der Waals surface area contributed by atoms with Crippen molar-refractivity contribution in [3.05, 3.63) is 65.7 Å². The van der Waals surface area contributed by atoms with Crippen LogP contribution in [0.2, 0.25) is 0 Å². The van der Waals surface area contributed by atoms with Crippen LogP contribution in [0.3, 0.4) is 0 Å². The molecule has 0 bridgehead atoms. The smallest absolute Gasteiger partial charge is 0.308 e. The molecule has 26 heavy (non-hydrogen) atoms. The molecule has 1 amide bonds. The summed E-state index contributed by atoms with van der Waals surface area (Å²) in [5, 5.41) is 2.94. The lowest BCUT2D eigenvalue weighted by atomic mass is 10.0. The van der Waals surface area contributed by atoms with Gasteiger partial charge in [-0.1, -0.05) is 42.5 Å². The summed E-state index contributed by atoms with van der Waals surface area (Å²) < 4.78 is 10.3. The van der Waals surface area contributed by atoms with Gasteiger partial charge < -0.3 is 14.8 Å². The van der Waals surface area contributed by atoms with Gasteiger partial charge in [-0.2, -0.15) is 0 Å². The van der Waals surface area contributed by atoms with Gasteiger partial charge in [0, 0.05) is 0 Å². The summed E-state index contributed by atoms with van der Waals surface area (Å²) >= 11 is 0. The fraction of sp³-hybridized carbons (Fsp3) is 0.333. The second-order valence-electron chi connectivity index (χ2n) is 6.30. The summed E-state index contributed by atoms with van der Waals surface area (Å²) in [5.41, 5.74) is 1.75. The highest BCUT2D eigenvalue weighted by Gasteiger charge is 2.20. The molecule has 1 N–H and O–H groups in total. The lowest BCUT2D eigenvalue weighted by Crippen LogP contribution is -2.32. The first-order chi connectivity index (χ1) is 12.5. The number of carbonyl (C=O) groups excluding carboxylic acids is 2. The summed E-state index contributed by atoms with van der Waals surface area (Å²) in [6.07, 6.45) is 0.136. The first-order valence-corrected chi connectivity index (χ1v) is 8.64. The Morgan fingerprint density at radius 3 is 2.23 bits per heavy atom. The second kappa shape index (κ2) is 9.61. The van der Waals surface area contributed by atoms with Gasteiger partial charge in [-0.15, -0.1) is 0 Å². The van der Waals surface area contributed by atoms with Crippen LogP contribution in [0.1, 0.15) is 37.4 Å². The Bertz CT molecular complexity index is 711. The molecule has 0 aliphatic carbocycles. The molecule has 2 aromatic carbocycles. The number of amides is 1. The summed E-state index contributed by atoms with van der Waals surface area (Å²) in [4.78, 5) is 24.5. The third kappa shape index (κ3) is 6.24. The number of rotatable bonds is 8. The van der Waals surface area contributed by atoms with Gasteiger partial charge in [-0.05, 0) is 37.1 Å². The molecule has 0 aliphatic rings. The van der Waals surface area contributed by atoms with Gasteiger partial charge in [0.2, 0.25) is 5.91 Å². The summed E-state index contributed by atoms with van der Waals surface area (Å²) in [6.45, 7) is 3.61. The third-order valence-corrected chi connectivity index (χ3v) is 3.80. The van der Waals surface area contributed by atoms with E-state index in [1.54, 1.807) is 21.0 Å². The van der Waals surface area contributed by atoms with Crippen LogP contribution in [0.25, 0.3) is 0 Å². The Morgan fingerprint density at radius 1 is 1.00 bits per heavy atom. The molecule has 5 heteroatoms. The van der Waals surface area contributed by atoms with Crippen LogP contribution >= 0.6 is 0 Å². The van der Waals surface area contributed by atoms with E-state index in [1.807, 2.05) is 54.6 Å². The minimum atomic E-state index is -0.423. The Kier molecular flexibility index (Phi) is 7.21. The molecule has 0 radical (unpaired) electrons. The van der Waals surface area contributed by atoms with Crippen molar-refractivity contribution in [3.8, 4) is 5.75 Å². The Morgan fingerprint density at radius 2 is 1.65 bits per heavy atom. The normalized spacial score (nSPS) is 11.7. The molecule has 138 valence electrons. The highest BCUT2D eigenvalue weighted by Crippen LogP contribution is 2.18. The van der Waals surface area contributed by atoms with E-state index in [0.717, 1.165) is 16.9 Å². The summed E-state index contributed by atoms with van der Waals surface area (Å²) in [5.74, 6) is 0.257. The predicted octanol–water partition coefficient (Wildman–Crippen LogP) is 3.44. The minimum Gasteiger partial charge on any atom is -0.497 e. The number of esters is 1. The Balaban J connectivity index is 2.04. The van der Waals surface area contributed by atoms with Gasteiger partial charge in [-0.25, -0.2) is 0 Å². The third-order valence-electron chi connectivity index (χ3n) is 3.80. The fourth-order valence-electron chi connectivity index (χ4n) is 2.59. The van der Waals surface area contributed by atoms with Crippen molar-refractivity contribution >= 4 is 11.9 Å². The quantitative estimate of drug-likeness (QED) is 0.737. The van der Waals surface area contributed by atoms with E-state index in [1.165, 1.54) is 0 Å². The van der Waals surface area contributed by atoms with E-state index < -0.39 is 6.04 Å². The zero-order valence-corrected chi connectivity index (χ0v) is 15.4. The number of carbonyl (C=O) groups is 2. The maximum Gasteiger partial charge on any atom is 0.308 e. The van der Waals surface area contributed by atoms with Crippen LogP contribution in [0.5, 0.6) is 5.75 Å². The SMILES string of the molecule is COc1ccc(CC(=O)NC(CC(=O)OC(C)C)c2ccccc2)cc1. The number of nitrogens with one attached hydrogen (secondary N) is 1. The van der Waals surface area contributed by atoms with Gasteiger partial charge >= 0.3 is 5.97 Å². The number of methoxy groups -OCH3 is 1. The van der Waals surface area contributed by atoms with Crippen LogP contribution in [-0.2, 0) is 20.7 Å². The molecule has 0 aliphatic heterocycles. The average molecular weight is 355 g/mol. The van der Waals surface area contributed by atoms with Crippen molar-refractivity contribution in [2.24, 2.45) is 0 Å². The van der Waals surface area contributed by atoms with Gasteiger partial charge in [-0.3, -0.25) is 9.59 Å². The standard InChI is InChI=1S/C21H25NO4/c1-15(2)26-21(24)14-19(17-7-5-4-6-8-17)22-20(23)13-16-9-11-18(25-3)12-10-16/h4-12,15,19H,13-14H2,1-3H3,(H,22,23). The molecule has 2 aromatic rings. The zero-order chi connectivity index (χ0) is 18.9. The maximum atomic E-state index is 12.5. The van der Waals surface area contributed by atoms with Crippen LogP contribution in [0, 0.1) is 0 Å². The van der Waals surface area contributed by atoms with E-state index in [-0.39, 0.29) is 30.8 Å². The molecule has 0 aromatic heterocycles. The average Bonchev–Trinajstić information content (AvgIpc) is 2.62. The highest BCUT2D eigenvalue weighted by molar-refractivity contribution is 5.80. The van der Waals surface area contributed by atoms with Crippen molar-refractivity contribution in [2.45, 2.75) is 38.8 Å². The molecule has 0 saturated heterocycles. The molecule has 0 heterocycles. The topological polar surface area (TPSA) is 64.6 Å². The van der Waals surface area contributed by atoms with Crippen LogP contribution in [-0.4, -0.2) is 25.1 Å². The lowest BCUT2D eigenvalue weighted by molar-refractivity contribution is -0.148.